The summed E-state index contributed by atoms with van der Waals surface area (Å²) in [5.41, 5.74) is 3.87. The highest BCUT2D eigenvalue weighted by Gasteiger charge is 2.38. The average Bonchev–Trinajstić information content (AvgIpc) is 2.69. The first kappa shape index (κ1) is 17.5. The third-order valence-electron chi connectivity index (χ3n) is 4.92. The number of hydrogen-bond donors (Lipinski definition) is 1. The number of carbonyl (C=O) groups excluding carboxylic acids is 1. The standard InChI is InChI=1S/C21H24O4/c1-4-25-20(22)13-21(23)12-15-8-9-17(24-3)10-16(15)11-18-14(2)6-5-7-19(18)21/h5-10,23H,4,11-13H2,1-3H3. The van der Waals surface area contributed by atoms with Crippen molar-refractivity contribution in [1.29, 1.82) is 0 Å². The maximum Gasteiger partial charge on any atom is 0.309 e. The van der Waals surface area contributed by atoms with Crippen molar-refractivity contribution in [2.45, 2.75) is 38.7 Å². The van der Waals surface area contributed by atoms with Gasteiger partial charge < -0.3 is 14.6 Å². The van der Waals surface area contributed by atoms with E-state index in [-0.39, 0.29) is 12.4 Å². The average molecular weight is 340 g/mol. The smallest absolute Gasteiger partial charge is 0.309 e. The summed E-state index contributed by atoms with van der Waals surface area (Å²) in [6.07, 6.45) is 1.03. The van der Waals surface area contributed by atoms with Crippen LogP contribution >= 0.6 is 0 Å². The van der Waals surface area contributed by atoms with E-state index in [0.717, 1.165) is 33.6 Å². The zero-order valence-corrected chi connectivity index (χ0v) is 15.0. The third kappa shape index (κ3) is 3.40. The molecule has 1 unspecified atom stereocenters. The second-order valence-electron chi connectivity index (χ2n) is 6.60. The Kier molecular flexibility index (Phi) is 4.82. The van der Waals surface area contributed by atoms with E-state index < -0.39 is 5.60 Å². The second-order valence-corrected chi connectivity index (χ2v) is 6.60. The Morgan fingerprint density at radius 2 is 2.04 bits per heavy atom. The maximum atomic E-state index is 12.1. The van der Waals surface area contributed by atoms with E-state index in [2.05, 4.69) is 0 Å². The first-order chi connectivity index (χ1) is 12.0. The van der Waals surface area contributed by atoms with Gasteiger partial charge in [0.1, 0.15) is 11.4 Å². The van der Waals surface area contributed by atoms with Gasteiger partial charge in [-0.2, -0.15) is 0 Å². The first-order valence-electron chi connectivity index (χ1n) is 8.59. The molecule has 0 amide bonds. The van der Waals surface area contributed by atoms with Crippen molar-refractivity contribution in [2.24, 2.45) is 0 Å². The Morgan fingerprint density at radius 3 is 2.76 bits per heavy atom. The predicted molar refractivity (Wildman–Crippen MR) is 95.8 cm³/mol. The lowest BCUT2D eigenvalue weighted by Crippen LogP contribution is -2.33. The number of rotatable bonds is 4. The molecule has 132 valence electrons. The molecule has 0 saturated heterocycles. The second kappa shape index (κ2) is 6.89. The fourth-order valence-corrected chi connectivity index (χ4v) is 3.65. The highest BCUT2D eigenvalue weighted by atomic mass is 16.5. The normalized spacial score (nSPS) is 18.7. The van der Waals surface area contributed by atoms with Crippen molar-refractivity contribution < 1.29 is 19.4 Å². The summed E-state index contributed by atoms with van der Waals surface area (Å²) in [6.45, 7) is 4.12. The molecule has 0 saturated carbocycles. The molecule has 25 heavy (non-hydrogen) atoms. The van der Waals surface area contributed by atoms with Crippen LogP contribution in [0.2, 0.25) is 0 Å². The number of hydrogen-bond acceptors (Lipinski definition) is 4. The van der Waals surface area contributed by atoms with Crippen molar-refractivity contribution in [3.63, 3.8) is 0 Å². The topological polar surface area (TPSA) is 55.8 Å². The van der Waals surface area contributed by atoms with Crippen LogP contribution in [0, 0.1) is 6.92 Å². The molecule has 0 spiro atoms. The number of aliphatic hydroxyl groups is 1. The van der Waals surface area contributed by atoms with Crippen molar-refractivity contribution in [1.82, 2.24) is 0 Å². The minimum absolute atomic E-state index is 0.0528. The summed E-state index contributed by atoms with van der Waals surface area (Å²) in [7, 11) is 1.65. The number of benzene rings is 2. The molecule has 0 radical (unpaired) electrons. The highest BCUT2D eigenvalue weighted by molar-refractivity contribution is 5.71. The van der Waals surface area contributed by atoms with Crippen LogP contribution < -0.4 is 4.74 Å². The fraction of sp³-hybridized carbons (Fsp3) is 0.381. The fourth-order valence-electron chi connectivity index (χ4n) is 3.65. The third-order valence-corrected chi connectivity index (χ3v) is 4.92. The van der Waals surface area contributed by atoms with Gasteiger partial charge in [0.05, 0.1) is 20.1 Å². The summed E-state index contributed by atoms with van der Waals surface area (Å²) in [5, 5.41) is 11.5. The van der Waals surface area contributed by atoms with Gasteiger partial charge in [0.15, 0.2) is 0 Å². The zero-order chi connectivity index (χ0) is 18.0. The van der Waals surface area contributed by atoms with Gasteiger partial charge in [-0.3, -0.25) is 4.79 Å². The highest BCUT2D eigenvalue weighted by Crippen LogP contribution is 2.39. The number of fused-ring (bicyclic) bond motifs is 2. The molecule has 4 nitrogen and oxygen atoms in total. The van der Waals surface area contributed by atoms with E-state index in [0.29, 0.717) is 19.4 Å². The quantitative estimate of drug-likeness (QED) is 0.868. The molecule has 0 aromatic heterocycles. The Hall–Kier alpha value is -2.33. The number of aryl methyl sites for hydroxylation is 1. The van der Waals surface area contributed by atoms with Crippen LogP contribution in [0.25, 0.3) is 0 Å². The Labute approximate surface area is 148 Å². The Morgan fingerprint density at radius 1 is 1.24 bits per heavy atom. The number of esters is 1. The van der Waals surface area contributed by atoms with Gasteiger partial charge in [-0.15, -0.1) is 0 Å². The van der Waals surface area contributed by atoms with Crippen LogP contribution in [-0.4, -0.2) is 24.8 Å². The van der Waals surface area contributed by atoms with Crippen molar-refractivity contribution in [3.05, 3.63) is 64.2 Å². The van der Waals surface area contributed by atoms with Gasteiger partial charge >= 0.3 is 5.97 Å². The van der Waals surface area contributed by atoms with E-state index >= 15 is 0 Å². The minimum atomic E-state index is -1.27. The van der Waals surface area contributed by atoms with Crippen molar-refractivity contribution in [3.8, 4) is 5.75 Å². The molecule has 0 bridgehead atoms. The van der Waals surface area contributed by atoms with Gasteiger partial charge in [0.2, 0.25) is 0 Å². The molecule has 0 aliphatic heterocycles. The molecular formula is C21H24O4. The molecule has 4 heteroatoms. The lowest BCUT2D eigenvalue weighted by Gasteiger charge is -2.29. The summed E-state index contributed by atoms with van der Waals surface area (Å²) in [5.74, 6) is 0.416. The van der Waals surface area contributed by atoms with Crippen molar-refractivity contribution >= 4 is 5.97 Å². The molecule has 2 aromatic rings. The maximum absolute atomic E-state index is 12.1. The van der Waals surface area contributed by atoms with Crippen LogP contribution in [-0.2, 0) is 28.0 Å². The summed E-state index contributed by atoms with van der Waals surface area (Å²) in [6, 6.07) is 11.8. The molecule has 1 aliphatic carbocycles. The molecule has 0 heterocycles. The van der Waals surface area contributed by atoms with Crippen LogP contribution in [0.15, 0.2) is 36.4 Å². The van der Waals surface area contributed by atoms with E-state index in [1.807, 2.05) is 43.3 Å². The van der Waals surface area contributed by atoms with E-state index in [1.54, 1.807) is 14.0 Å². The summed E-state index contributed by atoms with van der Waals surface area (Å²) < 4.78 is 10.5. The van der Waals surface area contributed by atoms with Gasteiger partial charge in [0.25, 0.3) is 0 Å². The van der Waals surface area contributed by atoms with Crippen LogP contribution in [0.4, 0.5) is 0 Å². The van der Waals surface area contributed by atoms with Crippen LogP contribution in [0.5, 0.6) is 5.75 Å². The van der Waals surface area contributed by atoms with Gasteiger partial charge in [-0.1, -0.05) is 24.3 Å². The number of carbonyl (C=O) groups is 1. The predicted octanol–water partition coefficient (Wildman–Crippen LogP) is 3.29. The Balaban J connectivity index is 2.12. The van der Waals surface area contributed by atoms with E-state index in [9.17, 15) is 9.90 Å². The molecule has 2 aromatic carbocycles. The van der Waals surface area contributed by atoms with E-state index in [4.69, 9.17) is 9.47 Å². The summed E-state index contributed by atoms with van der Waals surface area (Å²) in [4.78, 5) is 12.1. The SMILES string of the molecule is CCOC(=O)CC1(O)Cc2ccc(OC)cc2Cc2c(C)cccc21. The Bertz CT molecular complexity index is 796. The zero-order valence-electron chi connectivity index (χ0n) is 15.0. The lowest BCUT2D eigenvalue weighted by atomic mass is 9.83. The van der Waals surface area contributed by atoms with Gasteiger partial charge in [0, 0.05) is 6.42 Å². The molecule has 1 aliphatic rings. The minimum Gasteiger partial charge on any atom is -0.497 e. The lowest BCUT2D eigenvalue weighted by molar-refractivity contribution is -0.149. The molecule has 1 atom stereocenters. The monoisotopic (exact) mass is 340 g/mol. The summed E-state index contributed by atoms with van der Waals surface area (Å²) >= 11 is 0. The molecular weight excluding hydrogens is 316 g/mol. The first-order valence-corrected chi connectivity index (χ1v) is 8.59. The van der Waals surface area contributed by atoms with Crippen LogP contribution in [0.1, 0.15) is 41.2 Å². The molecule has 3 rings (SSSR count). The van der Waals surface area contributed by atoms with Gasteiger partial charge in [-0.25, -0.2) is 0 Å². The van der Waals surface area contributed by atoms with Crippen LogP contribution in [0.3, 0.4) is 0 Å². The van der Waals surface area contributed by atoms with Gasteiger partial charge in [-0.05, 0) is 60.2 Å². The number of ether oxygens (including phenoxy) is 2. The molecule has 1 N–H and O–H groups in total. The number of methoxy groups -OCH3 is 1. The van der Waals surface area contributed by atoms with E-state index in [1.165, 1.54) is 0 Å². The largest absolute Gasteiger partial charge is 0.497 e. The molecule has 0 fully saturated rings. The van der Waals surface area contributed by atoms with Crippen molar-refractivity contribution in [2.75, 3.05) is 13.7 Å².